The van der Waals surface area contributed by atoms with Gasteiger partial charge in [0.15, 0.2) is 0 Å². The minimum atomic E-state index is -0.625. The quantitative estimate of drug-likeness (QED) is 0.321. The number of hydrogen-bond acceptors (Lipinski definition) is 6. The van der Waals surface area contributed by atoms with Crippen LogP contribution in [0.4, 0.5) is 0 Å². The Labute approximate surface area is 179 Å². The van der Waals surface area contributed by atoms with E-state index in [0.717, 1.165) is 11.1 Å². The molecule has 0 bridgehead atoms. The number of carbonyl (C=O) groups excluding carboxylic acids is 2. The van der Waals surface area contributed by atoms with Crippen molar-refractivity contribution >= 4 is 24.4 Å². The van der Waals surface area contributed by atoms with E-state index in [-0.39, 0.29) is 28.4 Å². The van der Waals surface area contributed by atoms with Crippen LogP contribution in [-0.4, -0.2) is 48.9 Å². The largest absolute Gasteiger partial charge is 0.379 e. The monoisotopic (exact) mass is 424 g/mol. The van der Waals surface area contributed by atoms with Crippen molar-refractivity contribution in [3.8, 4) is 0 Å². The normalized spacial score (nSPS) is 14.7. The highest BCUT2D eigenvalue weighted by Gasteiger charge is 2.24. The second kappa shape index (κ2) is 11.5. The lowest BCUT2D eigenvalue weighted by Gasteiger charge is -2.28. The fourth-order valence-corrected chi connectivity index (χ4v) is 2.56. The van der Waals surface area contributed by atoms with E-state index in [1.807, 2.05) is 45.0 Å². The minimum absolute atomic E-state index is 0.203. The first-order valence-corrected chi connectivity index (χ1v) is 10.3. The highest BCUT2D eigenvalue weighted by atomic mass is 32.1. The smallest absolute Gasteiger partial charge is 0.242 e. The van der Waals surface area contributed by atoms with Crippen LogP contribution in [0.5, 0.6) is 0 Å². The van der Waals surface area contributed by atoms with Gasteiger partial charge in [-0.15, -0.1) is 0 Å². The number of nitrogens with one attached hydrogen (secondary N) is 2. The molecule has 0 aliphatic carbocycles. The van der Waals surface area contributed by atoms with Crippen LogP contribution in [0.3, 0.4) is 0 Å². The summed E-state index contributed by atoms with van der Waals surface area (Å²) < 4.78 is 5.34. The molecule has 6 N–H and O–H groups in total. The fourth-order valence-electron chi connectivity index (χ4n) is 2.47. The summed E-state index contributed by atoms with van der Waals surface area (Å²) in [7, 11) is 0. The van der Waals surface area contributed by atoms with Gasteiger partial charge >= 0.3 is 0 Å². The molecule has 0 heterocycles. The third kappa shape index (κ3) is 10.1. The molecule has 7 nitrogen and oxygen atoms in total. The van der Waals surface area contributed by atoms with Crippen molar-refractivity contribution in [1.82, 2.24) is 10.6 Å². The third-order valence-corrected chi connectivity index (χ3v) is 4.79. The van der Waals surface area contributed by atoms with E-state index in [1.165, 1.54) is 0 Å². The highest BCUT2D eigenvalue weighted by molar-refractivity contribution is 7.81. The molecule has 1 aromatic rings. The van der Waals surface area contributed by atoms with E-state index in [0.29, 0.717) is 32.8 Å². The van der Waals surface area contributed by atoms with Crippen LogP contribution >= 0.6 is 12.6 Å². The van der Waals surface area contributed by atoms with E-state index in [2.05, 4.69) is 23.3 Å². The van der Waals surface area contributed by atoms with Crippen molar-refractivity contribution in [2.45, 2.75) is 51.4 Å². The van der Waals surface area contributed by atoms with Gasteiger partial charge in [0.2, 0.25) is 11.8 Å². The number of benzene rings is 1. The maximum atomic E-state index is 12.3. The number of ether oxygens (including phenoxy) is 1. The molecule has 8 heteroatoms. The predicted octanol–water partition coefficient (Wildman–Crippen LogP) is 0.999. The van der Waals surface area contributed by atoms with Crippen molar-refractivity contribution < 1.29 is 14.3 Å². The third-order valence-electron chi connectivity index (χ3n) is 4.48. The molecule has 0 radical (unpaired) electrons. The van der Waals surface area contributed by atoms with E-state index in [1.54, 1.807) is 6.92 Å². The second-order valence-corrected chi connectivity index (χ2v) is 9.64. The molecule has 0 aliphatic rings. The van der Waals surface area contributed by atoms with Gasteiger partial charge in [-0.1, -0.05) is 38.1 Å². The summed E-state index contributed by atoms with van der Waals surface area (Å²) in [6, 6.07) is 6.91. The number of rotatable bonds is 12. The first-order chi connectivity index (χ1) is 13.5. The molecular formula is C21H36N4O3S. The minimum Gasteiger partial charge on any atom is -0.379 e. The van der Waals surface area contributed by atoms with Crippen LogP contribution in [0.2, 0.25) is 0 Å². The maximum Gasteiger partial charge on any atom is 0.242 e. The van der Waals surface area contributed by atoms with Crippen molar-refractivity contribution in [3.05, 3.63) is 35.4 Å². The molecule has 1 aromatic carbocycles. The lowest BCUT2D eigenvalue weighted by Crippen LogP contribution is -2.48. The Kier molecular flexibility index (Phi) is 10.1. The summed E-state index contributed by atoms with van der Waals surface area (Å²) in [5, 5.41) is 5.61. The van der Waals surface area contributed by atoms with Crippen LogP contribution in [-0.2, 0) is 27.3 Å². The number of hydrogen-bond donors (Lipinski definition) is 5. The predicted molar refractivity (Wildman–Crippen MR) is 120 cm³/mol. The van der Waals surface area contributed by atoms with E-state index >= 15 is 0 Å². The molecule has 0 aliphatic heterocycles. The van der Waals surface area contributed by atoms with Crippen LogP contribution in [0.1, 0.15) is 38.8 Å². The number of thiol groups is 1. The summed E-state index contributed by atoms with van der Waals surface area (Å²) in [5.74, 6) is -0.434. The molecule has 0 spiro atoms. The van der Waals surface area contributed by atoms with E-state index in [9.17, 15) is 9.59 Å². The molecule has 2 atom stereocenters. The van der Waals surface area contributed by atoms with Crippen molar-refractivity contribution in [2.24, 2.45) is 16.9 Å². The molecular weight excluding hydrogens is 388 g/mol. The summed E-state index contributed by atoms with van der Waals surface area (Å²) >= 11 is 4.44. The molecule has 0 saturated heterocycles. The van der Waals surface area contributed by atoms with Crippen LogP contribution < -0.4 is 22.1 Å². The molecule has 1 rings (SSSR count). The molecule has 29 heavy (non-hydrogen) atoms. The maximum absolute atomic E-state index is 12.3. The average Bonchev–Trinajstić information content (AvgIpc) is 2.66. The van der Waals surface area contributed by atoms with Gasteiger partial charge in [0, 0.05) is 29.8 Å². The zero-order chi connectivity index (χ0) is 22.1. The van der Waals surface area contributed by atoms with Crippen molar-refractivity contribution in [3.63, 3.8) is 0 Å². The zero-order valence-corrected chi connectivity index (χ0v) is 18.9. The Morgan fingerprint density at radius 1 is 1.10 bits per heavy atom. The number of nitrogens with two attached hydrogens (primary N) is 2. The lowest BCUT2D eigenvalue weighted by molar-refractivity contribution is -0.128. The summed E-state index contributed by atoms with van der Waals surface area (Å²) in [5.41, 5.74) is 12.8. The topological polar surface area (TPSA) is 119 Å². The van der Waals surface area contributed by atoms with Gasteiger partial charge in [0.25, 0.3) is 0 Å². The molecule has 0 aromatic heterocycles. The summed E-state index contributed by atoms with van der Waals surface area (Å²) in [6.07, 6.45) is 0.214. The van der Waals surface area contributed by atoms with E-state index < -0.39 is 6.04 Å². The van der Waals surface area contributed by atoms with Gasteiger partial charge in [0.05, 0.1) is 19.6 Å². The fraction of sp³-hybridized carbons (Fsp3) is 0.619. The van der Waals surface area contributed by atoms with Gasteiger partial charge in [-0.05, 0) is 25.0 Å². The SMILES string of the molecule is CC(NC(=O)Cc1ccc(CN)cc1)C(=O)NCC(C)(C)COCC(C)(S)CN. The van der Waals surface area contributed by atoms with Crippen LogP contribution in [0, 0.1) is 5.41 Å². The van der Waals surface area contributed by atoms with Gasteiger partial charge in [0.1, 0.15) is 6.04 Å². The Morgan fingerprint density at radius 2 is 1.69 bits per heavy atom. The average molecular weight is 425 g/mol. The summed E-state index contributed by atoms with van der Waals surface area (Å²) in [4.78, 5) is 24.5. The highest BCUT2D eigenvalue weighted by Crippen LogP contribution is 2.17. The first kappa shape index (κ1) is 25.4. The van der Waals surface area contributed by atoms with Gasteiger partial charge < -0.3 is 26.8 Å². The first-order valence-electron chi connectivity index (χ1n) is 9.83. The Balaban J connectivity index is 2.39. The van der Waals surface area contributed by atoms with Gasteiger partial charge in [-0.25, -0.2) is 0 Å². The van der Waals surface area contributed by atoms with Gasteiger partial charge in [-0.3, -0.25) is 9.59 Å². The molecule has 2 unspecified atom stereocenters. The van der Waals surface area contributed by atoms with Gasteiger partial charge in [-0.2, -0.15) is 12.6 Å². The van der Waals surface area contributed by atoms with Crippen molar-refractivity contribution in [2.75, 3.05) is 26.3 Å². The molecule has 2 amide bonds. The Hall–Kier alpha value is -1.61. The number of carbonyl (C=O) groups is 2. The summed E-state index contributed by atoms with van der Waals surface area (Å²) in [6.45, 7) is 9.79. The zero-order valence-electron chi connectivity index (χ0n) is 18.0. The molecule has 0 fully saturated rings. The number of amides is 2. The second-order valence-electron chi connectivity index (χ2n) is 8.56. The molecule has 0 saturated carbocycles. The lowest BCUT2D eigenvalue weighted by atomic mass is 9.94. The van der Waals surface area contributed by atoms with Crippen LogP contribution in [0.15, 0.2) is 24.3 Å². The Morgan fingerprint density at radius 3 is 2.24 bits per heavy atom. The van der Waals surface area contributed by atoms with E-state index in [4.69, 9.17) is 16.2 Å². The standard InChI is InChI=1S/C21H36N4O3S/c1-15(25-18(26)9-16-5-7-17(10-22)8-6-16)19(27)24-12-20(2,3)13-28-14-21(4,29)11-23/h5-8,15,29H,9-14,22-23H2,1-4H3,(H,24,27)(H,25,26). The molecule has 164 valence electrons. The van der Waals surface area contributed by atoms with Crippen LogP contribution in [0.25, 0.3) is 0 Å². The Bertz CT molecular complexity index is 662. The van der Waals surface area contributed by atoms with Crippen molar-refractivity contribution in [1.29, 1.82) is 0 Å².